The first-order valence-electron chi connectivity index (χ1n) is 8.78. The summed E-state index contributed by atoms with van der Waals surface area (Å²) in [6, 6.07) is 21.1. The zero-order chi connectivity index (χ0) is 19.0. The van der Waals surface area contributed by atoms with Gasteiger partial charge in [-0.2, -0.15) is 10.1 Å². The fourth-order valence-electron chi connectivity index (χ4n) is 2.50. The summed E-state index contributed by atoms with van der Waals surface area (Å²) < 4.78 is 5.79. The van der Waals surface area contributed by atoms with E-state index in [0.29, 0.717) is 18.3 Å². The van der Waals surface area contributed by atoms with Crippen LogP contribution in [0.15, 0.2) is 85.3 Å². The molecule has 0 spiro atoms. The van der Waals surface area contributed by atoms with Gasteiger partial charge < -0.3 is 15.4 Å². The van der Waals surface area contributed by atoms with Gasteiger partial charge in [0, 0.05) is 24.6 Å². The third kappa shape index (κ3) is 4.79. The Morgan fingerprint density at radius 2 is 1.64 bits per heavy atom. The largest absolute Gasteiger partial charge is 0.457 e. The first kappa shape index (κ1) is 17.4. The minimum atomic E-state index is 0.410. The van der Waals surface area contributed by atoms with Crippen molar-refractivity contribution in [2.24, 2.45) is 0 Å². The molecule has 0 radical (unpaired) electrons. The quantitative estimate of drug-likeness (QED) is 0.498. The van der Waals surface area contributed by atoms with E-state index in [1.807, 2.05) is 66.7 Å². The molecule has 2 N–H and O–H groups in total. The molecule has 2 aromatic heterocycles. The lowest BCUT2D eigenvalue weighted by molar-refractivity contribution is 0.483. The van der Waals surface area contributed by atoms with Crippen LogP contribution in [0.5, 0.6) is 11.5 Å². The highest BCUT2D eigenvalue weighted by molar-refractivity contribution is 5.55. The number of ether oxygens (including phenoxy) is 1. The number of anilines is 3. The molecule has 0 aliphatic heterocycles. The second kappa shape index (κ2) is 8.59. The van der Waals surface area contributed by atoms with Crippen LogP contribution in [0.1, 0.15) is 5.56 Å². The zero-order valence-corrected chi connectivity index (χ0v) is 15.0. The Morgan fingerprint density at radius 3 is 2.43 bits per heavy atom. The summed E-state index contributed by atoms with van der Waals surface area (Å²) in [4.78, 5) is 8.52. The maximum atomic E-state index is 5.79. The van der Waals surface area contributed by atoms with Gasteiger partial charge in [0.2, 0.25) is 5.95 Å². The molecule has 7 nitrogen and oxygen atoms in total. The molecule has 0 aliphatic rings. The van der Waals surface area contributed by atoms with Crippen LogP contribution in [0.4, 0.5) is 17.5 Å². The number of benzene rings is 2. The van der Waals surface area contributed by atoms with E-state index in [4.69, 9.17) is 4.74 Å². The van der Waals surface area contributed by atoms with E-state index in [9.17, 15) is 0 Å². The average molecular weight is 370 g/mol. The van der Waals surface area contributed by atoms with Crippen molar-refractivity contribution < 1.29 is 4.74 Å². The number of aromatic nitrogens is 4. The summed E-state index contributed by atoms with van der Waals surface area (Å²) >= 11 is 0. The van der Waals surface area contributed by atoms with E-state index in [1.165, 1.54) is 0 Å². The van der Waals surface area contributed by atoms with Crippen LogP contribution in [0.25, 0.3) is 0 Å². The van der Waals surface area contributed by atoms with Gasteiger partial charge in [-0.1, -0.05) is 24.3 Å². The van der Waals surface area contributed by atoms with Gasteiger partial charge in [0.05, 0.1) is 6.20 Å². The molecule has 0 bridgehead atoms. The van der Waals surface area contributed by atoms with Crippen LogP contribution in [0.3, 0.4) is 0 Å². The molecule has 0 unspecified atom stereocenters. The summed E-state index contributed by atoms with van der Waals surface area (Å²) in [6.45, 7) is 0.609. The second-order valence-electron chi connectivity index (χ2n) is 5.94. The summed E-state index contributed by atoms with van der Waals surface area (Å²) in [5.74, 6) is 2.59. The zero-order valence-electron chi connectivity index (χ0n) is 15.0. The second-order valence-corrected chi connectivity index (χ2v) is 5.94. The van der Waals surface area contributed by atoms with Gasteiger partial charge in [0.25, 0.3) is 0 Å². The summed E-state index contributed by atoms with van der Waals surface area (Å²) in [7, 11) is 0. The molecule has 138 valence electrons. The van der Waals surface area contributed by atoms with Crippen LogP contribution in [-0.4, -0.2) is 20.2 Å². The third-order valence-corrected chi connectivity index (χ3v) is 3.84. The van der Waals surface area contributed by atoms with E-state index in [0.717, 1.165) is 22.7 Å². The van der Waals surface area contributed by atoms with Crippen LogP contribution < -0.4 is 15.4 Å². The van der Waals surface area contributed by atoms with E-state index in [2.05, 4.69) is 30.8 Å². The van der Waals surface area contributed by atoms with Crippen molar-refractivity contribution >= 4 is 17.5 Å². The lowest BCUT2D eigenvalue weighted by Gasteiger charge is -2.09. The number of hydrogen-bond donors (Lipinski definition) is 2. The fourth-order valence-corrected chi connectivity index (χ4v) is 2.50. The smallest absolute Gasteiger partial charge is 0.249 e. The molecule has 0 fully saturated rings. The van der Waals surface area contributed by atoms with Gasteiger partial charge in [-0.3, -0.25) is 4.98 Å². The first-order chi connectivity index (χ1) is 13.8. The summed E-state index contributed by atoms with van der Waals surface area (Å²) in [6.07, 6.45) is 5.13. The van der Waals surface area contributed by atoms with Crippen LogP contribution in [0.2, 0.25) is 0 Å². The Labute approximate surface area is 162 Å². The fraction of sp³-hybridized carbons (Fsp3) is 0.0476. The molecule has 0 saturated carbocycles. The maximum Gasteiger partial charge on any atom is 0.249 e. The van der Waals surface area contributed by atoms with Crippen molar-refractivity contribution in [3.63, 3.8) is 0 Å². The van der Waals surface area contributed by atoms with Crippen molar-refractivity contribution in [3.05, 3.63) is 90.9 Å². The maximum absolute atomic E-state index is 5.79. The van der Waals surface area contributed by atoms with E-state index >= 15 is 0 Å². The summed E-state index contributed by atoms with van der Waals surface area (Å²) in [5, 5.41) is 14.4. The van der Waals surface area contributed by atoms with Crippen molar-refractivity contribution in [2.75, 3.05) is 10.6 Å². The molecule has 4 aromatic rings. The Morgan fingerprint density at radius 1 is 0.821 bits per heavy atom. The van der Waals surface area contributed by atoms with E-state index in [-0.39, 0.29) is 0 Å². The third-order valence-electron chi connectivity index (χ3n) is 3.84. The molecule has 2 aromatic carbocycles. The van der Waals surface area contributed by atoms with Gasteiger partial charge >= 0.3 is 0 Å². The monoisotopic (exact) mass is 370 g/mol. The standard InChI is InChI=1S/C21H18N6O/c1-2-6-18(7-3-1)28-19-10-8-17(9-11-19)25-21-26-20(15-24-27-21)23-14-16-5-4-12-22-13-16/h1-13,15H,14H2,(H2,23,25,26,27). The molecule has 7 heteroatoms. The topological polar surface area (TPSA) is 84.9 Å². The minimum Gasteiger partial charge on any atom is -0.457 e. The highest BCUT2D eigenvalue weighted by Gasteiger charge is 2.03. The average Bonchev–Trinajstić information content (AvgIpc) is 2.76. The van der Waals surface area contributed by atoms with E-state index in [1.54, 1.807) is 18.6 Å². The van der Waals surface area contributed by atoms with Crippen molar-refractivity contribution in [1.82, 2.24) is 20.2 Å². The Balaban J connectivity index is 1.37. The lowest BCUT2D eigenvalue weighted by Crippen LogP contribution is -2.05. The molecule has 0 atom stereocenters. The highest BCUT2D eigenvalue weighted by atomic mass is 16.5. The highest BCUT2D eigenvalue weighted by Crippen LogP contribution is 2.23. The van der Waals surface area contributed by atoms with Crippen LogP contribution >= 0.6 is 0 Å². The number of pyridine rings is 1. The van der Waals surface area contributed by atoms with Crippen molar-refractivity contribution in [3.8, 4) is 11.5 Å². The van der Waals surface area contributed by atoms with Gasteiger partial charge in [-0.15, -0.1) is 5.10 Å². The Bertz CT molecular complexity index is 1010. The molecule has 0 aliphatic carbocycles. The van der Waals surface area contributed by atoms with Crippen LogP contribution in [-0.2, 0) is 6.54 Å². The number of nitrogens with zero attached hydrogens (tertiary/aromatic N) is 4. The Hall–Kier alpha value is -4.00. The van der Waals surface area contributed by atoms with Gasteiger partial charge in [-0.05, 0) is 48.0 Å². The number of para-hydroxylation sites is 1. The predicted molar refractivity (Wildman–Crippen MR) is 108 cm³/mol. The van der Waals surface area contributed by atoms with Gasteiger partial charge in [0.1, 0.15) is 11.5 Å². The number of hydrogen-bond acceptors (Lipinski definition) is 7. The van der Waals surface area contributed by atoms with Gasteiger partial charge in [0.15, 0.2) is 5.82 Å². The van der Waals surface area contributed by atoms with Gasteiger partial charge in [-0.25, -0.2) is 0 Å². The molecule has 28 heavy (non-hydrogen) atoms. The molecule has 0 saturated heterocycles. The molecular formula is C21H18N6O. The molecule has 0 amide bonds. The molecule has 2 heterocycles. The molecule has 4 rings (SSSR count). The van der Waals surface area contributed by atoms with Crippen LogP contribution in [0, 0.1) is 0 Å². The van der Waals surface area contributed by atoms with Crippen molar-refractivity contribution in [1.29, 1.82) is 0 Å². The SMILES string of the molecule is c1ccc(Oc2ccc(Nc3nncc(NCc4cccnc4)n3)cc2)cc1. The number of nitrogens with one attached hydrogen (secondary N) is 2. The Kier molecular flexibility index (Phi) is 5.34. The minimum absolute atomic E-state index is 0.410. The number of rotatable bonds is 7. The molecular weight excluding hydrogens is 352 g/mol. The van der Waals surface area contributed by atoms with E-state index < -0.39 is 0 Å². The van der Waals surface area contributed by atoms with Crippen molar-refractivity contribution in [2.45, 2.75) is 6.54 Å². The summed E-state index contributed by atoms with van der Waals surface area (Å²) in [5.41, 5.74) is 1.90. The normalized spacial score (nSPS) is 10.3. The first-order valence-corrected chi connectivity index (χ1v) is 8.78. The lowest BCUT2D eigenvalue weighted by atomic mass is 10.3. The predicted octanol–water partition coefficient (Wildman–Crippen LogP) is 4.41.